The summed E-state index contributed by atoms with van der Waals surface area (Å²) in [5.41, 5.74) is 0. The summed E-state index contributed by atoms with van der Waals surface area (Å²) < 4.78 is 18.8. The van der Waals surface area contributed by atoms with Gasteiger partial charge in [-0.05, 0) is 25.2 Å². The Hall–Kier alpha value is 0.0969. The Morgan fingerprint density at radius 3 is 1.40 bits per heavy atom. The molecule has 0 N–H and O–H groups in total. The van der Waals surface area contributed by atoms with E-state index in [0.717, 1.165) is 45.5 Å². The minimum atomic E-state index is -2.67. The van der Waals surface area contributed by atoms with Crippen molar-refractivity contribution >= 4 is 8.80 Å². The van der Waals surface area contributed by atoms with Gasteiger partial charge in [0.25, 0.3) is 0 Å². The highest BCUT2D eigenvalue weighted by atomic mass is 28.4. The summed E-state index contributed by atoms with van der Waals surface area (Å²) in [7, 11) is -2.67. The van der Waals surface area contributed by atoms with Crippen LogP contribution in [0.4, 0.5) is 0 Å². The molecule has 122 valence electrons. The van der Waals surface area contributed by atoms with Crippen LogP contribution in [0.5, 0.6) is 0 Å². The van der Waals surface area contributed by atoms with Crippen LogP contribution in [0.3, 0.4) is 0 Å². The second kappa shape index (κ2) is 9.93. The quantitative estimate of drug-likeness (QED) is 0.473. The third kappa shape index (κ3) is 5.13. The second-order valence-corrected chi connectivity index (χ2v) is 9.40. The molecule has 4 heteroatoms. The van der Waals surface area contributed by atoms with Gasteiger partial charge in [-0.25, -0.2) is 0 Å². The Morgan fingerprint density at radius 1 is 0.800 bits per heavy atom. The normalized spacial score (nSPS) is 14.6. The van der Waals surface area contributed by atoms with Gasteiger partial charge < -0.3 is 13.3 Å². The van der Waals surface area contributed by atoms with Gasteiger partial charge >= 0.3 is 8.80 Å². The fourth-order valence-corrected chi connectivity index (χ4v) is 5.80. The molecule has 0 saturated carbocycles. The molecule has 0 fully saturated rings. The third-order valence-corrected chi connectivity index (χ3v) is 7.95. The topological polar surface area (TPSA) is 27.7 Å². The maximum absolute atomic E-state index is 6.27. The van der Waals surface area contributed by atoms with Gasteiger partial charge in [0.15, 0.2) is 0 Å². The van der Waals surface area contributed by atoms with Gasteiger partial charge in [-0.3, -0.25) is 0 Å². The maximum Gasteiger partial charge on any atom is 0.507 e. The summed E-state index contributed by atoms with van der Waals surface area (Å²) in [6.45, 7) is 17.6. The van der Waals surface area contributed by atoms with Crippen molar-refractivity contribution in [3.63, 3.8) is 0 Å². The molecular formula is C16H36O3Si. The van der Waals surface area contributed by atoms with E-state index in [1.165, 1.54) is 0 Å². The van der Waals surface area contributed by atoms with Crippen molar-refractivity contribution in [2.24, 2.45) is 5.92 Å². The molecule has 0 spiro atoms. The molecule has 0 aromatic heterocycles. The van der Waals surface area contributed by atoms with Crippen LogP contribution in [0.25, 0.3) is 0 Å². The van der Waals surface area contributed by atoms with Crippen LogP contribution in [0.15, 0.2) is 0 Å². The molecule has 3 nitrogen and oxygen atoms in total. The highest BCUT2D eigenvalue weighted by Gasteiger charge is 2.57. The Balaban J connectivity index is 5.30. The first-order valence-corrected chi connectivity index (χ1v) is 10.1. The van der Waals surface area contributed by atoms with Crippen LogP contribution in [0, 0.1) is 5.92 Å². The molecule has 1 unspecified atom stereocenters. The minimum Gasteiger partial charge on any atom is -0.373 e. The minimum absolute atomic E-state index is 0.0543. The van der Waals surface area contributed by atoms with E-state index in [1.807, 2.05) is 0 Å². The standard InChI is InChI=1S/C16H36O3Si/c1-8-12-17-20(18-13-9-2,19-14-10-3)16(6,7)15(5)11-4/h15H,8-14H2,1-7H3. The lowest BCUT2D eigenvalue weighted by Crippen LogP contribution is -2.57. The van der Waals surface area contributed by atoms with Crippen LogP contribution >= 0.6 is 0 Å². The second-order valence-electron chi connectivity index (χ2n) is 6.13. The highest BCUT2D eigenvalue weighted by Crippen LogP contribution is 2.47. The van der Waals surface area contributed by atoms with Crippen LogP contribution < -0.4 is 0 Å². The van der Waals surface area contributed by atoms with Gasteiger partial charge in [-0.2, -0.15) is 0 Å². The summed E-state index contributed by atoms with van der Waals surface area (Å²) in [5.74, 6) is 0.514. The Morgan fingerprint density at radius 2 is 1.15 bits per heavy atom. The summed E-state index contributed by atoms with van der Waals surface area (Å²) in [4.78, 5) is 0. The number of hydrogen-bond donors (Lipinski definition) is 0. The van der Waals surface area contributed by atoms with Crippen LogP contribution in [0.2, 0.25) is 5.04 Å². The molecule has 1 atom stereocenters. The first kappa shape index (κ1) is 20.1. The van der Waals surface area contributed by atoms with Gasteiger partial charge in [-0.15, -0.1) is 0 Å². The van der Waals surface area contributed by atoms with Crippen LogP contribution in [0.1, 0.15) is 74.1 Å². The summed E-state index contributed by atoms with van der Waals surface area (Å²) >= 11 is 0. The molecule has 0 aromatic carbocycles. The first-order chi connectivity index (χ1) is 9.41. The largest absolute Gasteiger partial charge is 0.507 e. The van der Waals surface area contributed by atoms with Crippen molar-refractivity contribution in [3.05, 3.63) is 0 Å². The monoisotopic (exact) mass is 304 g/mol. The van der Waals surface area contributed by atoms with Crippen molar-refractivity contribution in [2.75, 3.05) is 19.8 Å². The average Bonchev–Trinajstić information content (AvgIpc) is 2.45. The van der Waals surface area contributed by atoms with Gasteiger partial charge in [-0.1, -0.05) is 54.9 Å². The van der Waals surface area contributed by atoms with E-state index >= 15 is 0 Å². The van der Waals surface area contributed by atoms with Gasteiger partial charge in [0.05, 0.1) is 0 Å². The molecular weight excluding hydrogens is 268 g/mol. The lowest BCUT2D eigenvalue weighted by atomic mass is 9.94. The molecule has 20 heavy (non-hydrogen) atoms. The predicted octanol–water partition coefficient (Wildman–Crippen LogP) is 5.03. The summed E-state index contributed by atoms with van der Waals surface area (Å²) in [6.07, 6.45) is 4.10. The first-order valence-electron chi connectivity index (χ1n) is 8.33. The molecule has 0 amide bonds. The predicted molar refractivity (Wildman–Crippen MR) is 88.0 cm³/mol. The third-order valence-electron chi connectivity index (χ3n) is 4.12. The fourth-order valence-electron chi connectivity index (χ4n) is 2.20. The van der Waals surface area contributed by atoms with Crippen molar-refractivity contribution in [1.29, 1.82) is 0 Å². The summed E-state index contributed by atoms with van der Waals surface area (Å²) in [5, 5.41) is -0.0543. The van der Waals surface area contributed by atoms with Gasteiger partial charge in [0.2, 0.25) is 0 Å². The number of hydrogen-bond acceptors (Lipinski definition) is 3. The van der Waals surface area contributed by atoms with E-state index in [1.54, 1.807) is 0 Å². The molecule has 0 aliphatic heterocycles. The average molecular weight is 305 g/mol. The molecule has 0 rings (SSSR count). The molecule has 0 aliphatic carbocycles. The SMILES string of the molecule is CCCO[Si](OCCC)(OCCC)C(C)(C)C(C)CC. The lowest BCUT2D eigenvalue weighted by molar-refractivity contribution is 0.0278. The van der Waals surface area contributed by atoms with E-state index in [4.69, 9.17) is 13.3 Å². The maximum atomic E-state index is 6.27. The van der Waals surface area contributed by atoms with E-state index < -0.39 is 8.80 Å². The lowest BCUT2D eigenvalue weighted by Gasteiger charge is -2.44. The molecule has 0 heterocycles. The molecule has 0 radical (unpaired) electrons. The Kier molecular flexibility index (Phi) is 9.98. The van der Waals surface area contributed by atoms with Crippen molar-refractivity contribution in [2.45, 2.75) is 79.2 Å². The zero-order valence-electron chi connectivity index (χ0n) is 14.8. The molecule has 0 aliphatic rings. The molecule has 0 aromatic rings. The van der Waals surface area contributed by atoms with Crippen molar-refractivity contribution in [1.82, 2.24) is 0 Å². The van der Waals surface area contributed by atoms with Crippen LogP contribution in [-0.4, -0.2) is 28.6 Å². The van der Waals surface area contributed by atoms with E-state index in [9.17, 15) is 0 Å². The smallest absolute Gasteiger partial charge is 0.373 e. The van der Waals surface area contributed by atoms with E-state index in [2.05, 4.69) is 48.5 Å². The Labute approximate surface area is 127 Å². The van der Waals surface area contributed by atoms with Gasteiger partial charge in [0.1, 0.15) is 0 Å². The van der Waals surface area contributed by atoms with Crippen LogP contribution in [-0.2, 0) is 13.3 Å². The van der Waals surface area contributed by atoms with E-state index in [0.29, 0.717) is 5.92 Å². The summed E-state index contributed by atoms with van der Waals surface area (Å²) in [6, 6.07) is 0. The Bertz CT molecular complexity index is 222. The highest BCUT2D eigenvalue weighted by molar-refractivity contribution is 6.64. The number of rotatable bonds is 12. The van der Waals surface area contributed by atoms with Crippen molar-refractivity contribution in [3.8, 4) is 0 Å². The molecule has 0 saturated heterocycles. The van der Waals surface area contributed by atoms with Crippen molar-refractivity contribution < 1.29 is 13.3 Å². The van der Waals surface area contributed by atoms with E-state index in [-0.39, 0.29) is 5.04 Å². The zero-order chi connectivity index (χ0) is 15.6. The molecule has 0 bridgehead atoms. The fraction of sp³-hybridized carbons (Fsp3) is 1.00. The zero-order valence-corrected chi connectivity index (χ0v) is 15.8. The van der Waals surface area contributed by atoms with Gasteiger partial charge in [0, 0.05) is 24.9 Å².